The molecule has 0 saturated heterocycles. The quantitative estimate of drug-likeness (QED) is 0.323. The average Bonchev–Trinajstić information content (AvgIpc) is 3.12. The Kier molecular flexibility index (Phi) is 6.08. The van der Waals surface area contributed by atoms with E-state index in [-0.39, 0.29) is 17.8 Å². The molecule has 0 aliphatic heterocycles. The Morgan fingerprint density at radius 3 is 2.45 bits per heavy atom. The number of carbonyl (C=O) groups excluding carboxylic acids is 1. The van der Waals surface area contributed by atoms with E-state index in [1.54, 1.807) is 24.3 Å². The van der Waals surface area contributed by atoms with E-state index in [2.05, 4.69) is 32.7 Å². The first-order valence-electron chi connectivity index (χ1n) is 10.3. The maximum atomic E-state index is 12.5. The Morgan fingerprint density at radius 1 is 0.968 bits per heavy atom. The lowest BCUT2D eigenvalue weighted by molar-refractivity contribution is 0.0938. The van der Waals surface area contributed by atoms with Gasteiger partial charge in [0, 0.05) is 17.0 Å². The fourth-order valence-corrected chi connectivity index (χ4v) is 3.41. The van der Waals surface area contributed by atoms with Crippen molar-refractivity contribution in [2.45, 2.75) is 25.8 Å². The fraction of sp³-hybridized carbons (Fsp3) is 0.160. The molecule has 0 unspecified atom stereocenters. The van der Waals surface area contributed by atoms with E-state index >= 15 is 0 Å². The molecule has 6 nitrogen and oxygen atoms in total. The van der Waals surface area contributed by atoms with Crippen molar-refractivity contribution in [3.63, 3.8) is 0 Å². The number of benzene rings is 3. The van der Waals surface area contributed by atoms with Crippen LogP contribution in [0.25, 0.3) is 10.9 Å². The van der Waals surface area contributed by atoms with Crippen LogP contribution in [0.1, 0.15) is 29.3 Å². The summed E-state index contributed by atoms with van der Waals surface area (Å²) in [4.78, 5) is 15.4. The van der Waals surface area contributed by atoms with Crippen LogP contribution in [0.15, 0.2) is 89.1 Å². The molecule has 0 bridgehead atoms. The molecule has 3 N–H and O–H groups in total. The molecular weight excluding hydrogens is 388 g/mol. The summed E-state index contributed by atoms with van der Waals surface area (Å²) in [6.45, 7) is 2.01. The molecule has 6 heteroatoms. The van der Waals surface area contributed by atoms with Crippen molar-refractivity contribution in [2.75, 3.05) is 0 Å². The van der Waals surface area contributed by atoms with E-state index in [1.807, 2.05) is 49.4 Å². The number of H-pyrrole nitrogens is 1. The number of hydrogen-bond donors (Lipinski definition) is 3. The molecule has 4 aromatic rings. The first-order valence-corrected chi connectivity index (χ1v) is 10.3. The van der Waals surface area contributed by atoms with Crippen molar-refractivity contribution in [3.05, 3.63) is 90.0 Å². The Labute approximate surface area is 180 Å². The number of aromatic hydroxyl groups is 1. The van der Waals surface area contributed by atoms with E-state index in [0.29, 0.717) is 16.9 Å². The van der Waals surface area contributed by atoms with Crippen LogP contribution in [0.3, 0.4) is 0 Å². The van der Waals surface area contributed by atoms with Gasteiger partial charge in [0.15, 0.2) is 5.69 Å². The van der Waals surface area contributed by atoms with Crippen molar-refractivity contribution in [1.82, 2.24) is 10.3 Å². The first kappa shape index (κ1) is 20.3. The number of carbonyl (C=O) groups is 1. The van der Waals surface area contributed by atoms with Gasteiger partial charge in [-0.15, -0.1) is 5.11 Å². The highest BCUT2D eigenvalue weighted by molar-refractivity contribution is 5.95. The van der Waals surface area contributed by atoms with Gasteiger partial charge in [0.1, 0.15) is 0 Å². The third-order valence-corrected chi connectivity index (χ3v) is 5.14. The fourth-order valence-electron chi connectivity index (χ4n) is 3.41. The summed E-state index contributed by atoms with van der Waals surface area (Å²) in [5.41, 5.74) is 3.62. The maximum absolute atomic E-state index is 12.5. The summed E-state index contributed by atoms with van der Waals surface area (Å²) in [6, 6.07) is 24.7. The summed E-state index contributed by atoms with van der Waals surface area (Å²) in [5, 5.41) is 22.3. The summed E-state index contributed by atoms with van der Waals surface area (Å²) >= 11 is 0. The van der Waals surface area contributed by atoms with Gasteiger partial charge in [-0.3, -0.25) is 4.79 Å². The standard InChI is InChI=1S/C25H24N4O2/c1-17(11-12-18-7-3-2-4-8-18)26-24(30)19-13-15-20(16-14-19)28-29-23-21-9-5-6-10-22(21)27-25(23)31/h2-10,13-17,27,31H,11-12H2,1H3,(H,26,30)/t17-/m0/s1. The van der Waals surface area contributed by atoms with E-state index in [0.717, 1.165) is 23.7 Å². The van der Waals surface area contributed by atoms with Crippen LogP contribution in [-0.4, -0.2) is 22.0 Å². The average molecular weight is 412 g/mol. The van der Waals surface area contributed by atoms with Gasteiger partial charge in [0.25, 0.3) is 5.91 Å². The second kappa shape index (κ2) is 9.26. The molecule has 4 rings (SSSR count). The number of azo groups is 1. The highest BCUT2D eigenvalue weighted by Gasteiger charge is 2.11. The predicted octanol–water partition coefficient (Wildman–Crippen LogP) is 6.04. The number of fused-ring (bicyclic) bond motifs is 1. The molecule has 1 atom stereocenters. The first-order chi connectivity index (χ1) is 15.1. The minimum absolute atomic E-state index is 0.0227. The highest BCUT2D eigenvalue weighted by Crippen LogP contribution is 2.36. The number of nitrogens with zero attached hydrogens (tertiary/aromatic N) is 2. The lowest BCUT2D eigenvalue weighted by atomic mass is 10.1. The lowest BCUT2D eigenvalue weighted by Gasteiger charge is -2.14. The van der Waals surface area contributed by atoms with Crippen LogP contribution in [0, 0.1) is 0 Å². The van der Waals surface area contributed by atoms with Crippen LogP contribution in [0.5, 0.6) is 5.88 Å². The van der Waals surface area contributed by atoms with E-state index in [1.165, 1.54) is 5.56 Å². The third-order valence-electron chi connectivity index (χ3n) is 5.14. The molecule has 0 spiro atoms. The number of aromatic amines is 1. The number of amides is 1. The minimum Gasteiger partial charge on any atom is -0.493 e. The van der Waals surface area contributed by atoms with Crippen LogP contribution in [0.2, 0.25) is 0 Å². The van der Waals surface area contributed by atoms with Gasteiger partial charge in [-0.05, 0) is 55.7 Å². The Bertz CT molecular complexity index is 1200. The van der Waals surface area contributed by atoms with Crippen LogP contribution in [0.4, 0.5) is 11.4 Å². The van der Waals surface area contributed by atoms with Crippen LogP contribution >= 0.6 is 0 Å². The molecule has 0 fully saturated rings. The zero-order chi connectivity index (χ0) is 21.6. The van der Waals surface area contributed by atoms with Crippen molar-refractivity contribution >= 4 is 28.2 Å². The van der Waals surface area contributed by atoms with Gasteiger partial charge in [-0.1, -0.05) is 48.5 Å². The summed E-state index contributed by atoms with van der Waals surface area (Å²) in [5.74, 6) is -0.135. The number of nitrogens with one attached hydrogen (secondary N) is 2. The number of aromatic nitrogens is 1. The summed E-state index contributed by atoms with van der Waals surface area (Å²) < 4.78 is 0. The normalized spacial score (nSPS) is 12.3. The maximum Gasteiger partial charge on any atom is 0.251 e. The number of para-hydroxylation sites is 1. The van der Waals surface area contributed by atoms with Gasteiger partial charge in [0.2, 0.25) is 5.88 Å². The van der Waals surface area contributed by atoms with Gasteiger partial charge in [-0.25, -0.2) is 0 Å². The van der Waals surface area contributed by atoms with Crippen molar-refractivity contribution in [2.24, 2.45) is 10.2 Å². The zero-order valence-electron chi connectivity index (χ0n) is 17.2. The molecule has 0 aliphatic carbocycles. The van der Waals surface area contributed by atoms with Crippen molar-refractivity contribution in [3.8, 4) is 5.88 Å². The van der Waals surface area contributed by atoms with Crippen LogP contribution < -0.4 is 5.32 Å². The van der Waals surface area contributed by atoms with E-state index < -0.39 is 0 Å². The monoisotopic (exact) mass is 412 g/mol. The number of rotatable bonds is 7. The zero-order valence-corrected chi connectivity index (χ0v) is 17.2. The Balaban J connectivity index is 1.36. The third kappa shape index (κ3) is 4.98. The van der Waals surface area contributed by atoms with E-state index in [4.69, 9.17) is 0 Å². The molecular formula is C25H24N4O2. The van der Waals surface area contributed by atoms with Crippen LogP contribution in [-0.2, 0) is 6.42 Å². The molecule has 1 aromatic heterocycles. The number of hydrogen-bond acceptors (Lipinski definition) is 4. The molecule has 0 radical (unpaired) electrons. The molecule has 1 amide bonds. The highest BCUT2D eigenvalue weighted by atomic mass is 16.3. The predicted molar refractivity (Wildman–Crippen MR) is 122 cm³/mol. The van der Waals surface area contributed by atoms with Crippen molar-refractivity contribution < 1.29 is 9.90 Å². The Morgan fingerprint density at radius 2 is 1.68 bits per heavy atom. The summed E-state index contributed by atoms with van der Waals surface area (Å²) in [6.07, 6.45) is 1.79. The second-order valence-electron chi connectivity index (χ2n) is 7.51. The molecule has 0 aliphatic rings. The minimum atomic E-state index is -0.113. The Hall–Kier alpha value is -3.93. The van der Waals surface area contributed by atoms with Crippen molar-refractivity contribution in [1.29, 1.82) is 0 Å². The second-order valence-corrected chi connectivity index (χ2v) is 7.51. The van der Waals surface area contributed by atoms with E-state index in [9.17, 15) is 9.90 Å². The van der Waals surface area contributed by atoms with Gasteiger partial charge in [0.05, 0.1) is 11.2 Å². The summed E-state index contributed by atoms with van der Waals surface area (Å²) in [7, 11) is 0. The molecule has 31 heavy (non-hydrogen) atoms. The van der Waals surface area contributed by atoms with Gasteiger partial charge < -0.3 is 15.4 Å². The lowest BCUT2D eigenvalue weighted by Crippen LogP contribution is -2.32. The molecule has 1 heterocycles. The molecule has 0 saturated carbocycles. The molecule has 156 valence electrons. The topological polar surface area (TPSA) is 89.8 Å². The SMILES string of the molecule is C[C@@H](CCc1ccccc1)NC(=O)c1ccc(N=Nc2c(O)[nH]c3ccccc23)cc1. The largest absolute Gasteiger partial charge is 0.493 e. The molecule has 3 aromatic carbocycles. The van der Waals surface area contributed by atoms with Gasteiger partial charge >= 0.3 is 0 Å². The number of aryl methyl sites for hydroxylation is 1. The smallest absolute Gasteiger partial charge is 0.251 e. The van der Waals surface area contributed by atoms with Gasteiger partial charge in [-0.2, -0.15) is 5.11 Å².